The maximum absolute atomic E-state index is 12.8. The summed E-state index contributed by atoms with van der Waals surface area (Å²) in [4.78, 5) is 37.9. The number of carbonyl (C=O) groups is 3. The van der Waals surface area contributed by atoms with Gasteiger partial charge in [0.2, 0.25) is 0 Å². The number of allylic oxidation sites excluding steroid dienone is 16. The summed E-state index contributed by atoms with van der Waals surface area (Å²) in [5, 5.41) is 0. The van der Waals surface area contributed by atoms with Crippen LogP contribution in [0.2, 0.25) is 0 Å². The van der Waals surface area contributed by atoms with Crippen molar-refractivity contribution in [1.29, 1.82) is 0 Å². The van der Waals surface area contributed by atoms with E-state index >= 15 is 0 Å². The van der Waals surface area contributed by atoms with Gasteiger partial charge in [0.25, 0.3) is 0 Å². The third kappa shape index (κ3) is 49.2. The van der Waals surface area contributed by atoms with Gasteiger partial charge in [-0.15, -0.1) is 0 Å². The number of carbonyl (C=O) groups excluding carboxylic acids is 3. The van der Waals surface area contributed by atoms with Gasteiger partial charge >= 0.3 is 17.9 Å². The molecule has 0 amide bonds. The van der Waals surface area contributed by atoms with Crippen molar-refractivity contribution in [2.24, 2.45) is 0 Å². The molecule has 0 fully saturated rings. The molecule has 6 heteroatoms. The van der Waals surface area contributed by atoms with Crippen LogP contribution in [0.3, 0.4) is 0 Å². The molecule has 0 radical (unpaired) electrons. The average Bonchev–Trinajstić information content (AvgIpc) is 3.28. The first-order chi connectivity index (χ1) is 31.0. The fourth-order valence-corrected chi connectivity index (χ4v) is 6.80. The van der Waals surface area contributed by atoms with Crippen LogP contribution in [0.5, 0.6) is 0 Å². The van der Waals surface area contributed by atoms with E-state index < -0.39 is 6.10 Å². The monoisotopic (exact) mass is 875 g/mol. The minimum atomic E-state index is -0.826. The Hall–Kier alpha value is -3.67. The Kier molecular flexibility index (Phi) is 48.0. The van der Waals surface area contributed by atoms with E-state index in [0.29, 0.717) is 19.3 Å². The molecule has 0 rings (SSSR count). The van der Waals surface area contributed by atoms with E-state index in [9.17, 15) is 14.4 Å². The summed E-state index contributed by atoms with van der Waals surface area (Å²) in [7, 11) is 0. The summed E-state index contributed by atoms with van der Waals surface area (Å²) < 4.78 is 16.7. The Morgan fingerprint density at radius 2 is 0.651 bits per heavy atom. The Labute approximate surface area is 387 Å². The molecule has 6 nitrogen and oxygen atoms in total. The van der Waals surface area contributed by atoms with E-state index in [0.717, 1.165) is 83.5 Å². The molecular weight excluding hydrogens is 781 g/mol. The number of ether oxygens (including phenoxy) is 3. The number of hydrogen-bond donors (Lipinski definition) is 0. The van der Waals surface area contributed by atoms with Gasteiger partial charge in [0.1, 0.15) is 13.2 Å². The molecule has 0 spiro atoms. The van der Waals surface area contributed by atoms with Gasteiger partial charge in [-0.3, -0.25) is 14.4 Å². The van der Waals surface area contributed by atoms with Crippen molar-refractivity contribution in [2.45, 2.75) is 232 Å². The van der Waals surface area contributed by atoms with E-state index in [1.54, 1.807) is 0 Å². The molecule has 0 aliphatic carbocycles. The van der Waals surface area contributed by atoms with Crippen LogP contribution in [0, 0.1) is 0 Å². The molecule has 0 aromatic carbocycles. The van der Waals surface area contributed by atoms with Gasteiger partial charge in [-0.25, -0.2) is 0 Å². The lowest BCUT2D eigenvalue weighted by molar-refractivity contribution is -0.166. The summed E-state index contributed by atoms with van der Waals surface area (Å²) in [5.74, 6) is -1.04. The van der Waals surface area contributed by atoms with Crippen molar-refractivity contribution < 1.29 is 28.6 Å². The van der Waals surface area contributed by atoms with Crippen LogP contribution in [0.1, 0.15) is 226 Å². The quantitative estimate of drug-likeness (QED) is 0.0262. The summed E-state index contributed by atoms with van der Waals surface area (Å²) >= 11 is 0. The normalized spacial score (nSPS) is 12.9. The first-order valence-corrected chi connectivity index (χ1v) is 25.7. The van der Waals surface area contributed by atoms with E-state index in [-0.39, 0.29) is 44.0 Å². The van der Waals surface area contributed by atoms with Crippen molar-refractivity contribution in [3.05, 3.63) is 97.2 Å². The summed E-state index contributed by atoms with van der Waals surface area (Å²) in [6, 6.07) is 0. The van der Waals surface area contributed by atoms with Crippen LogP contribution < -0.4 is 0 Å². The van der Waals surface area contributed by atoms with Crippen molar-refractivity contribution in [2.75, 3.05) is 13.2 Å². The van der Waals surface area contributed by atoms with Crippen LogP contribution >= 0.6 is 0 Å². The highest BCUT2D eigenvalue weighted by molar-refractivity contribution is 5.71. The Balaban J connectivity index is 4.50. The minimum absolute atomic E-state index is 0.115. The Morgan fingerprint density at radius 1 is 0.333 bits per heavy atom. The highest BCUT2D eigenvalue weighted by Crippen LogP contribution is 2.15. The summed E-state index contributed by atoms with van der Waals surface area (Å²) in [5.41, 5.74) is 0. The van der Waals surface area contributed by atoms with E-state index in [1.807, 2.05) is 12.2 Å². The zero-order chi connectivity index (χ0) is 45.8. The number of hydrogen-bond acceptors (Lipinski definition) is 6. The third-order valence-corrected chi connectivity index (χ3v) is 10.6. The highest BCUT2D eigenvalue weighted by atomic mass is 16.6. The van der Waals surface area contributed by atoms with Gasteiger partial charge in [0.15, 0.2) is 6.10 Å². The lowest BCUT2D eigenvalue weighted by atomic mass is 10.0. The molecule has 0 N–H and O–H groups in total. The third-order valence-electron chi connectivity index (χ3n) is 10.6. The first kappa shape index (κ1) is 59.3. The number of esters is 3. The number of rotatable bonds is 45. The molecule has 0 aliphatic rings. The predicted octanol–water partition coefficient (Wildman–Crippen LogP) is 17.0. The molecule has 0 aromatic heterocycles. The van der Waals surface area contributed by atoms with Gasteiger partial charge in [-0.05, 0) is 83.5 Å². The van der Waals surface area contributed by atoms with Crippen LogP contribution in [0.4, 0.5) is 0 Å². The van der Waals surface area contributed by atoms with Gasteiger partial charge in [-0.2, -0.15) is 0 Å². The maximum atomic E-state index is 12.8. The molecule has 1 unspecified atom stereocenters. The Morgan fingerprint density at radius 3 is 1.06 bits per heavy atom. The SMILES string of the molecule is CC/C=C\C/C=C\C/C=C\C/C=C\CCCCC(=O)OC(COC(=O)CC/C=C\C/C=C\C/C=C\C/C=C\CC)COC(=O)CCCCCCCCCCCCCCCCCCC. The smallest absolute Gasteiger partial charge is 0.306 e. The largest absolute Gasteiger partial charge is 0.462 e. The van der Waals surface area contributed by atoms with Gasteiger partial charge in [0.05, 0.1) is 0 Å². The van der Waals surface area contributed by atoms with Gasteiger partial charge in [0, 0.05) is 19.3 Å². The molecule has 0 bridgehead atoms. The molecule has 0 saturated heterocycles. The zero-order valence-electron chi connectivity index (χ0n) is 40.8. The summed E-state index contributed by atoms with van der Waals surface area (Å²) in [6.07, 6.45) is 67.0. The van der Waals surface area contributed by atoms with Gasteiger partial charge < -0.3 is 14.2 Å². The minimum Gasteiger partial charge on any atom is -0.462 e. The standard InChI is InChI=1S/C57H94O6/c1-4-7-10-13-16-19-22-25-27-28-30-32-35-38-41-44-47-50-56(59)62-53-54(52-61-55(58)49-46-43-40-37-34-31-24-21-18-15-12-9-6-3)63-57(60)51-48-45-42-39-36-33-29-26-23-20-17-14-11-8-5-2/h8-9,11-12,17-18,20-21,26,29,31,34,36,39-40,43,54H,4-7,10,13-16,19,22-25,27-28,30,32-33,35,37-38,41-42,44-53H2,1-3H3/b11-8-,12-9-,20-17-,21-18-,29-26-,34-31-,39-36-,43-40-. The molecule has 1 atom stereocenters. The molecule has 358 valence electrons. The summed E-state index contributed by atoms with van der Waals surface area (Å²) in [6.45, 7) is 6.31. The topological polar surface area (TPSA) is 78.9 Å². The average molecular weight is 875 g/mol. The predicted molar refractivity (Wildman–Crippen MR) is 270 cm³/mol. The molecule has 63 heavy (non-hydrogen) atoms. The zero-order valence-corrected chi connectivity index (χ0v) is 40.8. The van der Waals surface area contributed by atoms with E-state index in [2.05, 4.69) is 106 Å². The van der Waals surface area contributed by atoms with Crippen molar-refractivity contribution in [3.8, 4) is 0 Å². The lowest BCUT2D eigenvalue weighted by Crippen LogP contribution is -2.30. The van der Waals surface area contributed by atoms with Crippen LogP contribution in [-0.4, -0.2) is 37.2 Å². The first-order valence-electron chi connectivity index (χ1n) is 25.7. The molecule has 0 aromatic rings. The second kappa shape index (κ2) is 51.0. The van der Waals surface area contributed by atoms with E-state index in [4.69, 9.17) is 14.2 Å². The van der Waals surface area contributed by atoms with Crippen molar-refractivity contribution in [1.82, 2.24) is 0 Å². The fraction of sp³-hybridized carbons (Fsp3) is 0.667. The fourth-order valence-electron chi connectivity index (χ4n) is 6.80. The van der Waals surface area contributed by atoms with Crippen LogP contribution in [0.25, 0.3) is 0 Å². The maximum Gasteiger partial charge on any atom is 0.306 e. The molecular formula is C57H94O6. The van der Waals surface area contributed by atoms with Crippen molar-refractivity contribution >= 4 is 17.9 Å². The van der Waals surface area contributed by atoms with Crippen molar-refractivity contribution in [3.63, 3.8) is 0 Å². The van der Waals surface area contributed by atoms with Gasteiger partial charge in [-0.1, -0.05) is 221 Å². The number of unbranched alkanes of at least 4 members (excludes halogenated alkanes) is 18. The molecule has 0 saturated carbocycles. The Bertz CT molecular complexity index is 1280. The molecule has 0 aliphatic heterocycles. The van der Waals surface area contributed by atoms with Crippen LogP contribution in [0.15, 0.2) is 97.2 Å². The second-order valence-electron chi connectivity index (χ2n) is 16.7. The highest BCUT2D eigenvalue weighted by Gasteiger charge is 2.19. The van der Waals surface area contributed by atoms with E-state index in [1.165, 1.54) is 89.9 Å². The van der Waals surface area contributed by atoms with Crippen LogP contribution in [-0.2, 0) is 28.6 Å². The lowest BCUT2D eigenvalue weighted by Gasteiger charge is -2.18. The second-order valence-corrected chi connectivity index (χ2v) is 16.7. The molecule has 0 heterocycles.